The molecule has 1 fully saturated rings. The van der Waals surface area contributed by atoms with Crippen molar-refractivity contribution in [2.45, 2.75) is 38.3 Å². The monoisotopic (exact) mass is 130 g/mol. The van der Waals surface area contributed by atoms with Gasteiger partial charge in [-0.15, -0.1) is 8.58 Å². The van der Waals surface area contributed by atoms with Crippen molar-refractivity contribution < 1.29 is 0 Å². The van der Waals surface area contributed by atoms with Gasteiger partial charge in [-0.05, 0) is 31.1 Å². The minimum atomic E-state index is 1.14. The van der Waals surface area contributed by atoms with Crippen LogP contribution in [0.5, 0.6) is 0 Å². The van der Waals surface area contributed by atoms with Crippen LogP contribution < -0.4 is 0 Å². The zero-order valence-corrected chi connectivity index (χ0v) is 6.61. The maximum Gasteiger partial charge on any atom is -0.0237 e. The molecule has 0 aromatic carbocycles. The van der Waals surface area contributed by atoms with E-state index in [1.165, 1.54) is 40.4 Å². The van der Waals surface area contributed by atoms with Crippen LogP contribution >= 0.6 is 8.58 Å². The van der Waals surface area contributed by atoms with Crippen LogP contribution in [0.2, 0.25) is 0 Å². The van der Waals surface area contributed by atoms with Gasteiger partial charge in [-0.2, -0.15) is 0 Å². The summed E-state index contributed by atoms with van der Waals surface area (Å²) >= 11 is 0. The van der Waals surface area contributed by atoms with Crippen LogP contribution in [0.15, 0.2) is 0 Å². The molecule has 0 saturated carbocycles. The first-order chi connectivity index (χ1) is 3.93. The van der Waals surface area contributed by atoms with Crippen molar-refractivity contribution in [3.8, 4) is 0 Å². The highest BCUT2D eigenvalue weighted by Gasteiger charge is 2.12. The van der Waals surface area contributed by atoms with Crippen molar-refractivity contribution in [1.82, 2.24) is 0 Å². The minimum absolute atomic E-state index is 1.14. The SMILES string of the molecule is CCCC1CCCP1. The molecular weight excluding hydrogens is 115 g/mol. The third-order valence-electron chi connectivity index (χ3n) is 1.80. The molecule has 1 aliphatic rings. The van der Waals surface area contributed by atoms with E-state index in [1.807, 2.05) is 0 Å². The fraction of sp³-hybridized carbons (Fsp3) is 1.00. The van der Waals surface area contributed by atoms with Gasteiger partial charge in [0.15, 0.2) is 0 Å². The maximum atomic E-state index is 2.29. The van der Waals surface area contributed by atoms with Gasteiger partial charge in [-0.3, -0.25) is 0 Å². The fourth-order valence-electron chi connectivity index (χ4n) is 1.35. The molecule has 1 aliphatic heterocycles. The van der Waals surface area contributed by atoms with E-state index in [0.29, 0.717) is 0 Å². The fourth-order valence-corrected chi connectivity index (χ4v) is 3.07. The Balaban J connectivity index is 2.06. The lowest BCUT2D eigenvalue weighted by molar-refractivity contribution is 0.700. The standard InChI is InChI=1S/C7H15P/c1-2-4-7-5-3-6-8-7/h7-8H,2-6H2,1H3. The summed E-state index contributed by atoms with van der Waals surface area (Å²) in [4.78, 5) is 0. The predicted octanol–water partition coefficient (Wildman–Crippen LogP) is 2.63. The van der Waals surface area contributed by atoms with E-state index in [-0.39, 0.29) is 0 Å². The second kappa shape index (κ2) is 3.45. The molecular formula is C7H15P. The van der Waals surface area contributed by atoms with Gasteiger partial charge in [-0.25, -0.2) is 0 Å². The Morgan fingerprint density at radius 3 is 3.00 bits per heavy atom. The lowest BCUT2D eigenvalue weighted by Crippen LogP contribution is -1.91. The Labute approximate surface area is 53.8 Å². The summed E-state index contributed by atoms with van der Waals surface area (Å²) in [5.41, 5.74) is 1.14. The van der Waals surface area contributed by atoms with Gasteiger partial charge in [-0.1, -0.05) is 13.3 Å². The number of hydrogen-bond acceptors (Lipinski definition) is 0. The topological polar surface area (TPSA) is 0 Å². The second-order valence-corrected chi connectivity index (χ2v) is 4.31. The van der Waals surface area contributed by atoms with Crippen LogP contribution in [-0.2, 0) is 0 Å². The lowest BCUT2D eigenvalue weighted by atomic mass is 10.2. The quantitative estimate of drug-likeness (QED) is 0.504. The van der Waals surface area contributed by atoms with Crippen LogP contribution in [-0.4, -0.2) is 11.8 Å². The van der Waals surface area contributed by atoms with E-state index in [0.717, 1.165) is 5.66 Å². The predicted molar refractivity (Wildman–Crippen MR) is 41.1 cm³/mol. The minimum Gasteiger partial charge on any atom is -0.119 e. The summed E-state index contributed by atoms with van der Waals surface area (Å²) in [7, 11) is 1.31. The van der Waals surface area contributed by atoms with Crippen LogP contribution in [0.1, 0.15) is 32.6 Å². The van der Waals surface area contributed by atoms with Gasteiger partial charge in [0.1, 0.15) is 0 Å². The molecule has 0 amide bonds. The molecule has 1 rings (SSSR count). The largest absolute Gasteiger partial charge is 0.119 e. The Hall–Kier alpha value is 0.430. The van der Waals surface area contributed by atoms with Crippen LogP contribution in [0, 0.1) is 0 Å². The van der Waals surface area contributed by atoms with Gasteiger partial charge in [0.05, 0.1) is 0 Å². The molecule has 48 valence electrons. The molecule has 1 heteroatoms. The van der Waals surface area contributed by atoms with Crippen molar-refractivity contribution in [2.24, 2.45) is 0 Å². The van der Waals surface area contributed by atoms with Gasteiger partial charge in [0.25, 0.3) is 0 Å². The number of rotatable bonds is 2. The Morgan fingerprint density at radius 1 is 1.62 bits per heavy atom. The van der Waals surface area contributed by atoms with Crippen LogP contribution in [0.4, 0.5) is 0 Å². The average Bonchev–Trinajstić information content (AvgIpc) is 2.19. The van der Waals surface area contributed by atoms with Crippen molar-refractivity contribution >= 4 is 8.58 Å². The summed E-state index contributed by atoms with van der Waals surface area (Å²) < 4.78 is 0. The average molecular weight is 130 g/mol. The first-order valence-electron chi connectivity index (χ1n) is 3.67. The van der Waals surface area contributed by atoms with Crippen molar-refractivity contribution in [3.63, 3.8) is 0 Å². The molecule has 8 heavy (non-hydrogen) atoms. The molecule has 1 saturated heterocycles. The van der Waals surface area contributed by atoms with Crippen molar-refractivity contribution in [2.75, 3.05) is 6.16 Å². The lowest BCUT2D eigenvalue weighted by Gasteiger charge is -2.03. The van der Waals surface area contributed by atoms with Gasteiger partial charge in [0, 0.05) is 0 Å². The van der Waals surface area contributed by atoms with E-state index in [9.17, 15) is 0 Å². The molecule has 2 unspecified atom stereocenters. The first-order valence-corrected chi connectivity index (χ1v) is 4.95. The summed E-state index contributed by atoms with van der Waals surface area (Å²) in [6.07, 6.45) is 7.48. The van der Waals surface area contributed by atoms with E-state index < -0.39 is 0 Å². The second-order valence-electron chi connectivity index (χ2n) is 2.58. The molecule has 0 nitrogen and oxygen atoms in total. The Kier molecular flexibility index (Phi) is 2.83. The zero-order valence-electron chi connectivity index (χ0n) is 5.61. The van der Waals surface area contributed by atoms with E-state index >= 15 is 0 Å². The highest BCUT2D eigenvalue weighted by molar-refractivity contribution is 7.39. The van der Waals surface area contributed by atoms with Crippen LogP contribution in [0.3, 0.4) is 0 Å². The van der Waals surface area contributed by atoms with Crippen LogP contribution in [0.25, 0.3) is 0 Å². The Bertz CT molecular complexity index is 55.4. The molecule has 0 aliphatic carbocycles. The summed E-state index contributed by atoms with van der Waals surface area (Å²) in [5, 5.41) is 0. The molecule has 0 spiro atoms. The van der Waals surface area contributed by atoms with Gasteiger partial charge >= 0.3 is 0 Å². The van der Waals surface area contributed by atoms with Gasteiger partial charge < -0.3 is 0 Å². The number of hydrogen-bond donors (Lipinski definition) is 0. The zero-order chi connectivity index (χ0) is 5.82. The smallest absolute Gasteiger partial charge is 0.0237 e. The highest BCUT2D eigenvalue weighted by Crippen LogP contribution is 2.34. The Morgan fingerprint density at radius 2 is 2.50 bits per heavy atom. The summed E-state index contributed by atoms with van der Waals surface area (Å²) in [6.45, 7) is 2.29. The molecule has 0 aromatic heterocycles. The van der Waals surface area contributed by atoms with E-state index in [1.54, 1.807) is 0 Å². The van der Waals surface area contributed by atoms with Gasteiger partial charge in [0.2, 0.25) is 0 Å². The van der Waals surface area contributed by atoms with Crippen molar-refractivity contribution in [1.29, 1.82) is 0 Å². The third kappa shape index (κ3) is 1.74. The van der Waals surface area contributed by atoms with E-state index in [2.05, 4.69) is 6.92 Å². The highest BCUT2D eigenvalue weighted by atomic mass is 31.1. The normalized spacial score (nSPS) is 31.9. The van der Waals surface area contributed by atoms with Crippen molar-refractivity contribution in [3.05, 3.63) is 0 Å². The summed E-state index contributed by atoms with van der Waals surface area (Å²) in [6, 6.07) is 0. The third-order valence-corrected chi connectivity index (χ3v) is 3.60. The maximum absolute atomic E-state index is 2.29. The van der Waals surface area contributed by atoms with E-state index in [4.69, 9.17) is 0 Å². The molecule has 2 atom stereocenters. The molecule has 0 bridgehead atoms. The molecule has 1 heterocycles. The first kappa shape index (κ1) is 6.55. The molecule has 0 N–H and O–H groups in total. The summed E-state index contributed by atoms with van der Waals surface area (Å²) in [5.74, 6) is 0. The molecule has 0 aromatic rings. The molecule has 0 radical (unpaired) electrons.